The average Bonchev–Trinajstić information content (AvgIpc) is 2.72. The van der Waals surface area contributed by atoms with Crippen molar-refractivity contribution in [2.24, 2.45) is 5.14 Å². The molecule has 3 aromatic rings. The molecule has 3 N–H and O–H groups in total. The van der Waals surface area contributed by atoms with Crippen molar-refractivity contribution in [2.45, 2.75) is 16.3 Å². The summed E-state index contributed by atoms with van der Waals surface area (Å²) in [6.45, 7) is 0.0630. The Balaban J connectivity index is 1.62. The van der Waals surface area contributed by atoms with Crippen molar-refractivity contribution in [3.05, 3.63) is 76.9 Å². The molecular weight excluding hydrogens is 478 g/mol. The minimum Gasteiger partial charge on any atom is -0.439 e. The third-order valence-electron chi connectivity index (χ3n) is 4.27. The van der Waals surface area contributed by atoms with Crippen molar-refractivity contribution in [1.29, 1.82) is 0 Å². The number of carbonyl (C=O) groups is 1. The number of rotatable bonds is 7. The van der Waals surface area contributed by atoms with Gasteiger partial charge in [-0.1, -0.05) is 17.7 Å². The molecule has 1 amide bonds. The van der Waals surface area contributed by atoms with Crippen molar-refractivity contribution in [3.8, 4) is 11.6 Å². The van der Waals surface area contributed by atoms with Gasteiger partial charge in [0.25, 0.3) is 5.91 Å². The van der Waals surface area contributed by atoms with E-state index in [0.29, 0.717) is 11.3 Å². The van der Waals surface area contributed by atoms with Gasteiger partial charge in [-0.25, -0.2) is 27.0 Å². The van der Waals surface area contributed by atoms with Gasteiger partial charge in [0.2, 0.25) is 15.9 Å². The van der Waals surface area contributed by atoms with E-state index in [-0.39, 0.29) is 32.8 Å². The zero-order valence-electron chi connectivity index (χ0n) is 16.6. The van der Waals surface area contributed by atoms with Crippen LogP contribution >= 0.6 is 11.6 Å². The Morgan fingerprint density at radius 2 is 1.69 bits per heavy atom. The van der Waals surface area contributed by atoms with Crippen LogP contribution in [0.1, 0.15) is 15.9 Å². The number of nitrogens with two attached hydrogens (primary N) is 1. The lowest BCUT2D eigenvalue weighted by molar-refractivity contribution is 0.0950. The molecule has 1 aromatic heterocycles. The fourth-order valence-corrected chi connectivity index (χ4v) is 4.06. The van der Waals surface area contributed by atoms with Crippen LogP contribution in [-0.4, -0.2) is 34.0 Å². The molecule has 0 bridgehead atoms. The molecule has 9 nitrogen and oxygen atoms in total. The highest BCUT2D eigenvalue weighted by molar-refractivity contribution is 7.90. The normalized spacial score (nSPS) is 11.7. The van der Waals surface area contributed by atoms with E-state index in [0.717, 1.165) is 6.26 Å². The topological polar surface area (TPSA) is 146 Å². The van der Waals surface area contributed by atoms with Crippen molar-refractivity contribution in [2.75, 3.05) is 6.26 Å². The van der Waals surface area contributed by atoms with Crippen LogP contribution < -0.4 is 15.2 Å². The Hall–Kier alpha value is -2.99. The van der Waals surface area contributed by atoms with E-state index in [2.05, 4.69) is 10.3 Å². The van der Waals surface area contributed by atoms with E-state index in [1.807, 2.05) is 0 Å². The first-order valence-corrected chi connectivity index (χ1v) is 12.8. The lowest BCUT2D eigenvalue weighted by atomic mass is 10.2. The first-order chi connectivity index (χ1) is 14.9. The highest BCUT2D eigenvalue weighted by Crippen LogP contribution is 2.22. The number of halogens is 1. The summed E-state index contributed by atoms with van der Waals surface area (Å²) in [6, 6.07) is 12.8. The molecule has 0 fully saturated rings. The Morgan fingerprint density at radius 1 is 1.03 bits per heavy atom. The molecular formula is C20H18ClN3O6S2. The van der Waals surface area contributed by atoms with Gasteiger partial charge in [-0.2, -0.15) is 0 Å². The highest BCUT2D eigenvalue weighted by Gasteiger charge is 2.13. The standard InChI is InChI=1S/C20H18ClN3O6S2/c1-31(26,27)16-7-4-15(5-8-16)30-19-9-3-14(12-23-19)20(25)24-11-13-2-6-17(10-18(13)21)32(22,28)29/h2-10,12H,11H2,1H3,(H,24,25)(H2,22,28,29). The number of aromatic nitrogens is 1. The average molecular weight is 496 g/mol. The van der Waals surface area contributed by atoms with Gasteiger partial charge in [-0.3, -0.25) is 4.79 Å². The van der Waals surface area contributed by atoms with Crippen molar-refractivity contribution < 1.29 is 26.4 Å². The largest absolute Gasteiger partial charge is 0.439 e. The minimum absolute atomic E-state index is 0.0630. The van der Waals surface area contributed by atoms with E-state index in [4.69, 9.17) is 21.5 Å². The molecule has 2 aromatic carbocycles. The molecule has 0 aliphatic rings. The van der Waals surface area contributed by atoms with Crippen molar-refractivity contribution >= 4 is 37.4 Å². The summed E-state index contributed by atoms with van der Waals surface area (Å²) in [5.41, 5.74) is 0.778. The summed E-state index contributed by atoms with van der Waals surface area (Å²) in [7, 11) is -7.17. The fourth-order valence-electron chi connectivity index (χ4n) is 2.58. The molecule has 32 heavy (non-hydrogen) atoms. The van der Waals surface area contributed by atoms with E-state index in [1.165, 1.54) is 60.8 Å². The molecule has 0 unspecified atom stereocenters. The number of pyridine rings is 1. The monoisotopic (exact) mass is 495 g/mol. The number of hydrogen-bond donors (Lipinski definition) is 2. The lowest BCUT2D eigenvalue weighted by Crippen LogP contribution is -2.23. The Labute approximate surface area is 190 Å². The summed E-state index contributed by atoms with van der Waals surface area (Å²) >= 11 is 6.06. The molecule has 0 aliphatic carbocycles. The van der Waals surface area contributed by atoms with Gasteiger partial charge < -0.3 is 10.1 Å². The van der Waals surface area contributed by atoms with Gasteiger partial charge in [0.05, 0.1) is 15.4 Å². The van der Waals surface area contributed by atoms with Gasteiger partial charge in [0, 0.05) is 30.1 Å². The summed E-state index contributed by atoms with van der Waals surface area (Å²) in [4.78, 5) is 16.5. The van der Waals surface area contributed by atoms with Gasteiger partial charge in [0.15, 0.2) is 9.84 Å². The molecule has 3 rings (SSSR count). The Bertz CT molecular complexity index is 1360. The molecule has 0 aliphatic heterocycles. The summed E-state index contributed by atoms with van der Waals surface area (Å²) in [5, 5.41) is 7.88. The fraction of sp³-hybridized carbons (Fsp3) is 0.100. The number of amides is 1. The van der Waals surface area contributed by atoms with Gasteiger partial charge in [-0.15, -0.1) is 0 Å². The predicted octanol–water partition coefficient (Wildman–Crippen LogP) is 2.51. The van der Waals surface area contributed by atoms with E-state index in [1.54, 1.807) is 0 Å². The first kappa shape index (κ1) is 23.7. The molecule has 0 saturated heterocycles. The maximum Gasteiger partial charge on any atom is 0.253 e. The van der Waals surface area contributed by atoms with E-state index >= 15 is 0 Å². The summed E-state index contributed by atoms with van der Waals surface area (Å²) in [6.07, 6.45) is 2.43. The van der Waals surface area contributed by atoms with E-state index in [9.17, 15) is 21.6 Å². The number of benzene rings is 2. The molecule has 0 radical (unpaired) electrons. The minimum atomic E-state index is -3.87. The van der Waals surface area contributed by atoms with Gasteiger partial charge in [0.1, 0.15) is 5.75 Å². The smallest absolute Gasteiger partial charge is 0.253 e. The second-order valence-electron chi connectivity index (χ2n) is 6.71. The van der Waals surface area contributed by atoms with Crippen LogP contribution in [-0.2, 0) is 26.4 Å². The number of nitrogens with one attached hydrogen (secondary N) is 1. The van der Waals surface area contributed by atoms with Crippen LogP contribution in [0.4, 0.5) is 0 Å². The SMILES string of the molecule is CS(=O)(=O)c1ccc(Oc2ccc(C(=O)NCc3ccc(S(N)(=O)=O)cc3Cl)cn2)cc1. The zero-order chi connectivity index (χ0) is 23.5. The highest BCUT2D eigenvalue weighted by atomic mass is 35.5. The zero-order valence-corrected chi connectivity index (χ0v) is 19.0. The van der Waals surface area contributed by atoms with Crippen molar-refractivity contribution in [3.63, 3.8) is 0 Å². The lowest BCUT2D eigenvalue weighted by Gasteiger charge is -2.09. The molecule has 0 saturated carbocycles. The van der Waals surface area contributed by atoms with Gasteiger partial charge >= 0.3 is 0 Å². The first-order valence-electron chi connectivity index (χ1n) is 8.97. The van der Waals surface area contributed by atoms with Crippen LogP contribution in [0.5, 0.6) is 11.6 Å². The van der Waals surface area contributed by atoms with Crippen LogP contribution in [0.15, 0.2) is 70.6 Å². The number of primary sulfonamides is 1. The molecule has 12 heteroatoms. The van der Waals surface area contributed by atoms with Crippen LogP contribution in [0.2, 0.25) is 5.02 Å². The third-order valence-corrected chi connectivity index (χ3v) is 6.66. The summed E-state index contributed by atoms with van der Waals surface area (Å²) < 4.78 is 51.2. The molecule has 0 atom stereocenters. The number of sulfonamides is 1. The van der Waals surface area contributed by atoms with Crippen LogP contribution in [0.25, 0.3) is 0 Å². The maximum atomic E-state index is 12.3. The Kier molecular flexibility index (Phi) is 6.84. The number of hydrogen-bond acceptors (Lipinski definition) is 7. The predicted molar refractivity (Wildman–Crippen MR) is 118 cm³/mol. The quantitative estimate of drug-likeness (QED) is 0.512. The molecule has 1 heterocycles. The Morgan fingerprint density at radius 3 is 2.22 bits per heavy atom. The van der Waals surface area contributed by atoms with Crippen LogP contribution in [0, 0.1) is 0 Å². The number of ether oxygens (including phenoxy) is 1. The van der Waals surface area contributed by atoms with E-state index < -0.39 is 25.8 Å². The van der Waals surface area contributed by atoms with Crippen LogP contribution in [0.3, 0.4) is 0 Å². The number of sulfone groups is 1. The number of carbonyl (C=O) groups excluding carboxylic acids is 1. The summed E-state index contributed by atoms with van der Waals surface area (Å²) in [5.74, 6) is 0.183. The third kappa shape index (κ3) is 6.04. The number of nitrogens with zero attached hydrogens (tertiary/aromatic N) is 1. The van der Waals surface area contributed by atoms with Crippen molar-refractivity contribution in [1.82, 2.24) is 10.3 Å². The molecule has 168 valence electrons. The maximum absolute atomic E-state index is 12.3. The molecule has 0 spiro atoms. The second kappa shape index (κ2) is 9.25. The van der Waals surface area contributed by atoms with Gasteiger partial charge in [-0.05, 0) is 48.0 Å². The second-order valence-corrected chi connectivity index (χ2v) is 10.7.